The van der Waals surface area contributed by atoms with Crippen LogP contribution in [0.15, 0.2) is 42.5 Å². The van der Waals surface area contributed by atoms with Gasteiger partial charge >= 0.3 is 0 Å². The highest BCUT2D eigenvalue weighted by atomic mass is 35.5. The van der Waals surface area contributed by atoms with Crippen LogP contribution in [0.1, 0.15) is 11.7 Å². The van der Waals surface area contributed by atoms with E-state index in [2.05, 4.69) is 5.32 Å². The Bertz CT molecular complexity index is 690. The molecule has 24 heavy (non-hydrogen) atoms. The van der Waals surface area contributed by atoms with Crippen molar-refractivity contribution in [3.63, 3.8) is 0 Å². The van der Waals surface area contributed by atoms with Gasteiger partial charge in [0.2, 0.25) is 0 Å². The standard InChI is InChI=1S/C18H19Cl2NO3/c1-22-16-10-14(20)5-6-15(16)24-18(17-11-21-7-8-23-17)12-3-2-4-13(19)9-12/h2-6,9-10,17-18,21H,7-8,11H2,1H3/t17?,18-/m0/s1. The molecule has 0 saturated carbocycles. The number of nitrogens with one attached hydrogen (secondary N) is 1. The van der Waals surface area contributed by atoms with Crippen molar-refractivity contribution in [1.82, 2.24) is 5.32 Å². The second-order valence-corrected chi connectivity index (χ2v) is 6.37. The molecule has 2 atom stereocenters. The summed E-state index contributed by atoms with van der Waals surface area (Å²) in [4.78, 5) is 0. The van der Waals surface area contributed by atoms with E-state index in [4.69, 9.17) is 37.4 Å². The van der Waals surface area contributed by atoms with Crippen molar-refractivity contribution in [2.24, 2.45) is 0 Å². The number of halogens is 2. The van der Waals surface area contributed by atoms with E-state index in [9.17, 15) is 0 Å². The van der Waals surface area contributed by atoms with Gasteiger partial charge in [0, 0.05) is 29.2 Å². The van der Waals surface area contributed by atoms with Crippen molar-refractivity contribution >= 4 is 23.2 Å². The van der Waals surface area contributed by atoms with Gasteiger partial charge in [-0.3, -0.25) is 0 Å². The first kappa shape index (κ1) is 17.4. The lowest BCUT2D eigenvalue weighted by molar-refractivity contribution is -0.0438. The monoisotopic (exact) mass is 367 g/mol. The molecule has 1 aliphatic rings. The van der Waals surface area contributed by atoms with Gasteiger partial charge in [-0.15, -0.1) is 0 Å². The van der Waals surface area contributed by atoms with Crippen LogP contribution in [0.2, 0.25) is 10.0 Å². The molecule has 2 aromatic rings. The molecule has 6 heteroatoms. The number of ether oxygens (including phenoxy) is 3. The number of benzene rings is 2. The highest BCUT2D eigenvalue weighted by molar-refractivity contribution is 6.31. The first-order valence-corrected chi connectivity index (χ1v) is 8.51. The Balaban J connectivity index is 1.92. The third-order valence-corrected chi connectivity index (χ3v) is 4.32. The molecule has 1 fully saturated rings. The Labute approximate surface area is 151 Å². The minimum Gasteiger partial charge on any atom is -0.493 e. The fraction of sp³-hybridized carbons (Fsp3) is 0.333. The minimum absolute atomic E-state index is 0.127. The maximum Gasteiger partial charge on any atom is 0.162 e. The Hall–Kier alpha value is -1.46. The Morgan fingerprint density at radius 3 is 2.67 bits per heavy atom. The SMILES string of the molecule is COc1cc(Cl)ccc1O[C@@H](c1cccc(Cl)c1)C1CNCCO1. The summed E-state index contributed by atoms with van der Waals surface area (Å²) < 4.78 is 17.6. The van der Waals surface area contributed by atoms with Crippen LogP contribution < -0.4 is 14.8 Å². The van der Waals surface area contributed by atoms with Crippen molar-refractivity contribution in [2.45, 2.75) is 12.2 Å². The molecule has 0 aliphatic carbocycles. The molecule has 128 valence electrons. The molecule has 1 aliphatic heterocycles. The predicted molar refractivity (Wildman–Crippen MR) is 95.4 cm³/mol. The molecule has 1 saturated heterocycles. The number of methoxy groups -OCH3 is 1. The van der Waals surface area contributed by atoms with Gasteiger partial charge in [-0.2, -0.15) is 0 Å². The van der Waals surface area contributed by atoms with Crippen LogP contribution in [-0.4, -0.2) is 32.9 Å². The molecule has 2 aromatic carbocycles. The molecule has 1 heterocycles. The number of morpholine rings is 1. The normalized spacial score (nSPS) is 18.9. The summed E-state index contributed by atoms with van der Waals surface area (Å²) >= 11 is 12.2. The summed E-state index contributed by atoms with van der Waals surface area (Å²) in [6.07, 6.45) is -0.441. The lowest BCUT2D eigenvalue weighted by Crippen LogP contribution is -2.43. The van der Waals surface area contributed by atoms with Gasteiger partial charge in [-0.25, -0.2) is 0 Å². The highest BCUT2D eigenvalue weighted by Crippen LogP contribution is 2.35. The van der Waals surface area contributed by atoms with Crippen LogP contribution in [0.4, 0.5) is 0 Å². The van der Waals surface area contributed by atoms with Crippen molar-refractivity contribution < 1.29 is 14.2 Å². The summed E-state index contributed by atoms with van der Waals surface area (Å²) in [5.41, 5.74) is 0.952. The molecule has 0 amide bonds. The smallest absolute Gasteiger partial charge is 0.162 e. The van der Waals surface area contributed by atoms with Gasteiger partial charge in [-0.05, 0) is 29.8 Å². The van der Waals surface area contributed by atoms with Crippen LogP contribution in [-0.2, 0) is 4.74 Å². The summed E-state index contributed by atoms with van der Waals surface area (Å²) in [7, 11) is 1.59. The number of rotatable bonds is 5. The zero-order chi connectivity index (χ0) is 16.9. The van der Waals surface area contributed by atoms with Crippen molar-refractivity contribution in [3.05, 3.63) is 58.1 Å². The van der Waals surface area contributed by atoms with E-state index in [1.165, 1.54) is 0 Å². The van der Waals surface area contributed by atoms with E-state index in [0.29, 0.717) is 34.7 Å². The fourth-order valence-corrected chi connectivity index (χ4v) is 3.06. The molecule has 1 N–H and O–H groups in total. The summed E-state index contributed by atoms with van der Waals surface area (Å²) in [6.45, 7) is 2.18. The Morgan fingerprint density at radius 1 is 1.12 bits per heavy atom. The third-order valence-electron chi connectivity index (χ3n) is 3.85. The van der Waals surface area contributed by atoms with E-state index in [0.717, 1.165) is 12.1 Å². The van der Waals surface area contributed by atoms with Crippen LogP contribution in [0.3, 0.4) is 0 Å². The summed E-state index contributed by atoms with van der Waals surface area (Å²) in [6, 6.07) is 12.9. The number of hydrogen-bond donors (Lipinski definition) is 1. The van der Waals surface area contributed by atoms with Gasteiger partial charge in [0.15, 0.2) is 17.6 Å². The second-order valence-electron chi connectivity index (χ2n) is 5.50. The van der Waals surface area contributed by atoms with Crippen LogP contribution in [0.5, 0.6) is 11.5 Å². The Morgan fingerprint density at radius 2 is 1.96 bits per heavy atom. The van der Waals surface area contributed by atoms with E-state index in [1.54, 1.807) is 25.3 Å². The molecule has 3 rings (SSSR count). The fourth-order valence-electron chi connectivity index (χ4n) is 2.70. The molecular formula is C18H19Cl2NO3. The first-order valence-electron chi connectivity index (χ1n) is 7.75. The van der Waals surface area contributed by atoms with Gasteiger partial charge in [0.1, 0.15) is 6.10 Å². The zero-order valence-electron chi connectivity index (χ0n) is 13.3. The van der Waals surface area contributed by atoms with E-state index in [1.807, 2.05) is 24.3 Å². The topological polar surface area (TPSA) is 39.7 Å². The second kappa shape index (κ2) is 8.08. The molecule has 0 bridgehead atoms. The molecule has 0 aromatic heterocycles. The third kappa shape index (κ3) is 4.14. The van der Waals surface area contributed by atoms with E-state index in [-0.39, 0.29) is 12.2 Å². The predicted octanol–water partition coefficient (Wildman–Crippen LogP) is 4.11. The first-order chi connectivity index (χ1) is 11.7. The van der Waals surface area contributed by atoms with Crippen LogP contribution >= 0.6 is 23.2 Å². The zero-order valence-corrected chi connectivity index (χ0v) is 14.8. The maximum atomic E-state index is 6.26. The van der Waals surface area contributed by atoms with E-state index < -0.39 is 0 Å². The largest absolute Gasteiger partial charge is 0.493 e. The summed E-state index contributed by atoms with van der Waals surface area (Å²) in [5.74, 6) is 1.19. The van der Waals surface area contributed by atoms with Crippen LogP contribution in [0, 0.1) is 0 Å². The minimum atomic E-state index is -0.313. The summed E-state index contributed by atoms with van der Waals surface area (Å²) in [5, 5.41) is 4.58. The van der Waals surface area contributed by atoms with Crippen molar-refractivity contribution in [2.75, 3.05) is 26.8 Å². The average Bonchev–Trinajstić information content (AvgIpc) is 2.61. The molecular weight excluding hydrogens is 349 g/mol. The quantitative estimate of drug-likeness (QED) is 0.862. The van der Waals surface area contributed by atoms with Crippen LogP contribution in [0.25, 0.3) is 0 Å². The Kier molecular flexibility index (Phi) is 5.85. The molecule has 1 unspecified atom stereocenters. The number of hydrogen-bond acceptors (Lipinski definition) is 4. The van der Waals surface area contributed by atoms with Gasteiger partial charge in [-0.1, -0.05) is 35.3 Å². The molecule has 0 radical (unpaired) electrons. The lowest BCUT2D eigenvalue weighted by atomic mass is 10.0. The van der Waals surface area contributed by atoms with Gasteiger partial charge in [0.05, 0.1) is 13.7 Å². The van der Waals surface area contributed by atoms with Gasteiger partial charge < -0.3 is 19.5 Å². The molecule has 4 nitrogen and oxygen atoms in total. The van der Waals surface area contributed by atoms with Crippen molar-refractivity contribution in [3.8, 4) is 11.5 Å². The lowest BCUT2D eigenvalue weighted by Gasteiger charge is -2.32. The van der Waals surface area contributed by atoms with Gasteiger partial charge in [0.25, 0.3) is 0 Å². The highest BCUT2D eigenvalue weighted by Gasteiger charge is 2.29. The van der Waals surface area contributed by atoms with E-state index >= 15 is 0 Å². The maximum absolute atomic E-state index is 6.26. The van der Waals surface area contributed by atoms with Crippen molar-refractivity contribution in [1.29, 1.82) is 0 Å². The average molecular weight is 368 g/mol. The molecule has 0 spiro atoms.